The molecule has 3 aromatic rings. The highest BCUT2D eigenvalue weighted by atomic mass is 32.2. The Hall–Kier alpha value is -3.01. The SMILES string of the molecule is O=C(Nc1cccc(S(=O)(=O)NCc2ccco2)c1)C1CCCN(Cc2cccc(F)c2)C1. The first-order chi connectivity index (χ1) is 15.9. The number of likely N-dealkylation sites (tertiary alicyclic amines) is 1. The third kappa shape index (κ3) is 6.28. The van der Waals surface area contributed by atoms with Crippen molar-refractivity contribution in [3.63, 3.8) is 0 Å². The van der Waals surface area contributed by atoms with E-state index >= 15 is 0 Å². The van der Waals surface area contributed by atoms with E-state index in [4.69, 9.17) is 4.42 Å². The van der Waals surface area contributed by atoms with Crippen molar-refractivity contribution in [3.8, 4) is 0 Å². The summed E-state index contributed by atoms with van der Waals surface area (Å²) in [4.78, 5) is 15.1. The van der Waals surface area contributed by atoms with Crippen molar-refractivity contribution in [1.82, 2.24) is 9.62 Å². The van der Waals surface area contributed by atoms with E-state index in [2.05, 4.69) is 14.9 Å². The average Bonchev–Trinajstić information content (AvgIpc) is 3.32. The normalized spacial score (nSPS) is 17.1. The molecule has 1 aliphatic rings. The van der Waals surface area contributed by atoms with E-state index < -0.39 is 10.0 Å². The highest BCUT2D eigenvalue weighted by molar-refractivity contribution is 7.89. The minimum Gasteiger partial charge on any atom is -0.468 e. The molecule has 1 amide bonds. The summed E-state index contributed by atoms with van der Waals surface area (Å²) in [5.74, 6) is -0.155. The van der Waals surface area contributed by atoms with Gasteiger partial charge in [-0.1, -0.05) is 18.2 Å². The smallest absolute Gasteiger partial charge is 0.241 e. The van der Waals surface area contributed by atoms with Crippen molar-refractivity contribution < 1.29 is 22.0 Å². The van der Waals surface area contributed by atoms with Crippen LogP contribution in [0.1, 0.15) is 24.2 Å². The first kappa shape index (κ1) is 23.2. The van der Waals surface area contributed by atoms with Crippen LogP contribution in [0.5, 0.6) is 0 Å². The fraction of sp³-hybridized carbons (Fsp3) is 0.292. The van der Waals surface area contributed by atoms with Gasteiger partial charge in [-0.05, 0) is 67.4 Å². The number of nitrogens with one attached hydrogen (secondary N) is 2. The maximum absolute atomic E-state index is 13.5. The number of piperidine rings is 1. The number of anilines is 1. The van der Waals surface area contributed by atoms with Crippen molar-refractivity contribution in [2.24, 2.45) is 5.92 Å². The van der Waals surface area contributed by atoms with Crippen LogP contribution in [0.15, 0.2) is 76.2 Å². The number of hydrogen-bond acceptors (Lipinski definition) is 5. The monoisotopic (exact) mass is 471 g/mol. The van der Waals surface area contributed by atoms with Gasteiger partial charge in [-0.2, -0.15) is 0 Å². The lowest BCUT2D eigenvalue weighted by Gasteiger charge is -2.32. The lowest BCUT2D eigenvalue weighted by molar-refractivity contribution is -0.121. The third-order valence-corrected chi connectivity index (χ3v) is 7.00. The number of hydrogen-bond donors (Lipinski definition) is 2. The Morgan fingerprint density at radius 1 is 1.12 bits per heavy atom. The fourth-order valence-corrected chi connectivity index (χ4v) is 4.99. The lowest BCUT2D eigenvalue weighted by atomic mass is 9.96. The lowest BCUT2D eigenvalue weighted by Crippen LogP contribution is -2.40. The Kier molecular flexibility index (Phi) is 7.22. The standard InChI is InChI=1S/C24H26FN3O4S/c25-20-7-1-5-18(13-20)16-28-11-3-6-19(17-28)24(29)27-21-8-2-10-23(14-21)33(30,31)26-15-22-9-4-12-32-22/h1-2,4-5,7-10,12-14,19,26H,3,6,11,15-17H2,(H,27,29). The number of sulfonamides is 1. The molecule has 1 aliphatic heterocycles. The molecule has 1 saturated heterocycles. The molecule has 1 aromatic heterocycles. The van der Waals surface area contributed by atoms with Crippen LogP contribution in [0.2, 0.25) is 0 Å². The Labute approximate surface area is 192 Å². The van der Waals surface area contributed by atoms with Crippen LogP contribution in [0.4, 0.5) is 10.1 Å². The summed E-state index contributed by atoms with van der Waals surface area (Å²) in [5, 5.41) is 2.85. The Morgan fingerprint density at radius 3 is 2.76 bits per heavy atom. The van der Waals surface area contributed by atoms with Crippen molar-refractivity contribution in [2.75, 3.05) is 18.4 Å². The maximum Gasteiger partial charge on any atom is 0.241 e. The van der Waals surface area contributed by atoms with Crippen LogP contribution >= 0.6 is 0 Å². The van der Waals surface area contributed by atoms with Crippen LogP contribution < -0.4 is 10.0 Å². The second kappa shape index (κ2) is 10.3. The molecule has 7 nitrogen and oxygen atoms in total. The fourth-order valence-electron chi connectivity index (χ4n) is 3.95. The second-order valence-corrected chi connectivity index (χ2v) is 9.89. The van der Waals surface area contributed by atoms with Gasteiger partial charge in [0.15, 0.2) is 0 Å². The van der Waals surface area contributed by atoms with Crippen LogP contribution in [0.25, 0.3) is 0 Å². The quantitative estimate of drug-likeness (QED) is 0.522. The zero-order valence-electron chi connectivity index (χ0n) is 18.0. The van der Waals surface area contributed by atoms with Gasteiger partial charge in [-0.25, -0.2) is 17.5 Å². The Morgan fingerprint density at radius 2 is 1.97 bits per heavy atom. The molecule has 2 heterocycles. The van der Waals surface area contributed by atoms with Gasteiger partial charge in [0.2, 0.25) is 15.9 Å². The van der Waals surface area contributed by atoms with Crippen LogP contribution in [-0.2, 0) is 27.9 Å². The molecule has 174 valence electrons. The Bertz CT molecular complexity index is 1200. The highest BCUT2D eigenvalue weighted by Crippen LogP contribution is 2.22. The first-order valence-corrected chi connectivity index (χ1v) is 12.3. The molecule has 1 fully saturated rings. The zero-order valence-corrected chi connectivity index (χ0v) is 18.9. The van der Waals surface area contributed by atoms with Gasteiger partial charge in [-0.15, -0.1) is 0 Å². The Balaban J connectivity index is 1.36. The summed E-state index contributed by atoms with van der Waals surface area (Å²) in [6.07, 6.45) is 3.08. The highest BCUT2D eigenvalue weighted by Gasteiger charge is 2.26. The van der Waals surface area contributed by atoms with E-state index in [0.717, 1.165) is 24.9 Å². The number of carbonyl (C=O) groups excluding carboxylic acids is 1. The number of carbonyl (C=O) groups is 1. The maximum atomic E-state index is 13.5. The third-order valence-electron chi connectivity index (χ3n) is 5.60. The van der Waals surface area contributed by atoms with E-state index in [1.54, 1.807) is 30.3 Å². The number of nitrogens with zero attached hydrogens (tertiary/aromatic N) is 1. The zero-order chi connectivity index (χ0) is 23.3. The molecule has 2 aromatic carbocycles. The van der Waals surface area contributed by atoms with Gasteiger partial charge < -0.3 is 9.73 Å². The topological polar surface area (TPSA) is 91.6 Å². The molecule has 0 radical (unpaired) electrons. The number of rotatable bonds is 8. The molecule has 4 rings (SSSR count). The van der Waals surface area contributed by atoms with Gasteiger partial charge in [-0.3, -0.25) is 9.69 Å². The molecule has 0 saturated carbocycles. The molecule has 0 aliphatic carbocycles. The van der Waals surface area contributed by atoms with Crippen LogP contribution in [-0.4, -0.2) is 32.3 Å². The predicted molar refractivity (Wildman–Crippen MR) is 122 cm³/mol. The van der Waals surface area contributed by atoms with Crippen LogP contribution in [0.3, 0.4) is 0 Å². The minimum absolute atomic E-state index is 0.0368. The molecular formula is C24H26FN3O4S. The van der Waals surface area contributed by atoms with E-state index in [9.17, 15) is 17.6 Å². The summed E-state index contributed by atoms with van der Waals surface area (Å²) >= 11 is 0. The predicted octanol–water partition coefficient (Wildman–Crippen LogP) is 3.75. The van der Waals surface area contributed by atoms with Gasteiger partial charge in [0.25, 0.3) is 0 Å². The van der Waals surface area contributed by atoms with Gasteiger partial charge in [0.05, 0.1) is 23.6 Å². The summed E-state index contributed by atoms with van der Waals surface area (Å²) in [5.41, 5.74) is 1.29. The van der Waals surface area contributed by atoms with Gasteiger partial charge >= 0.3 is 0 Å². The van der Waals surface area contributed by atoms with E-state index in [1.165, 1.54) is 30.5 Å². The van der Waals surface area contributed by atoms with Crippen LogP contribution in [0, 0.1) is 11.7 Å². The van der Waals surface area contributed by atoms with E-state index in [-0.39, 0.29) is 29.1 Å². The van der Waals surface area contributed by atoms with Crippen molar-refractivity contribution in [1.29, 1.82) is 0 Å². The summed E-state index contributed by atoms with van der Waals surface area (Å²) in [7, 11) is -3.77. The first-order valence-electron chi connectivity index (χ1n) is 10.8. The van der Waals surface area contributed by atoms with E-state index in [1.807, 2.05) is 6.07 Å². The number of amides is 1. The molecular weight excluding hydrogens is 445 g/mol. The second-order valence-electron chi connectivity index (χ2n) is 8.13. The van der Waals surface area contributed by atoms with Crippen molar-refractivity contribution in [3.05, 3.63) is 84.1 Å². The molecule has 0 spiro atoms. The average molecular weight is 472 g/mol. The molecule has 2 N–H and O–H groups in total. The number of benzene rings is 2. The molecule has 1 unspecified atom stereocenters. The number of furan rings is 1. The number of halogens is 1. The summed E-state index contributed by atoms with van der Waals surface area (Å²) < 4.78 is 46.3. The summed E-state index contributed by atoms with van der Waals surface area (Å²) in [6.45, 7) is 2.02. The minimum atomic E-state index is -3.77. The molecule has 33 heavy (non-hydrogen) atoms. The van der Waals surface area contributed by atoms with Gasteiger partial charge in [0.1, 0.15) is 11.6 Å². The molecule has 9 heteroatoms. The van der Waals surface area contributed by atoms with Gasteiger partial charge in [0, 0.05) is 18.8 Å². The van der Waals surface area contributed by atoms with Crippen molar-refractivity contribution >= 4 is 21.6 Å². The van der Waals surface area contributed by atoms with Crippen molar-refractivity contribution in [2.45, 2.75) is 30.8 Å². The summed E-state index contributed by atoms with van der Waals surface area (Å²) in [6, 6.07) is 16.0. The molecule has 1 atom stereocenters. The largest absolute Gasteiger partial charge is 0.468 e. The van der Waals surface area contributed by atoms with E-state index in [0.29, 0.717) is 24.5 Å². The molecule has 0 bridgehead atoms.